The van der Waals surface area contributed by atoms with Gasteiger partial charge < -0.3 is 19.5 Å². The molecule has 0 radical (unpaired) electrons. The van der Waals surface area contributed by atoms with E-state index in [1.165, 1.54) is 4.90 Å². The number of nitrogens with zero attached hydrogens (tertiary/aromatic N) is 3. The maximum Gasteiger partial charge on any atom is 0.326 e. The van der Waals surface area contributed by atoms with Crippen LogP contribution in [0.3, 0.4) is 0 Å². The van der Waals surface area contributed by atoms with Gasteiger partial charge in [-0.3, -0.25) is 24.5 Å². The number of imide groups is 1. The van der Waals surface area contributed by atoms with E-state index in [0.29, 0.717) is 18.5 Å². The Balaban J connectivity index is 1.41. The molecule has 2 N–H and O–H groups in total. The zero-order valence-corrected chi connectivity index (χ0v) is 18.9. The Hall–Kier alpha value is -3.69. The van der Waals surface area contributed by atoms with Crippen molar-refractivity contribution in [3.05, 3.63) is 47.5 Å². The lowest BCUT2D eigenvalue weighted by Crippen LogP contribution is -2.52. The Bertz CT molecular complexity index is 1120. The summed E-state index contributed by atoms with van der Waals surface area (Å²) in [5.74, 6) is -1.30. The van der Waals surface area contributed by atoms with Gasteiger partial charge in [-0.15, -0.1) is 0 Å². The van der Waals surface area contributed by atoms with E-state index >= 15 is 0 Å². The van der Waals surface area contributed by atoms with Gasteiger partial charge in [0.15, 0.2) is 0 Å². The van der Waals surface area contributed by atoms with Crippen molar-refractivity contribution in [1.29, 1.82) is 0 Å². The highest BCUT2D eigenvalue weighted by Gasteiger charge is 2.39. The molecule has 0 saturated carbocycles. The zero-order chi connectivity index (χ0) is 23.8. The number of imidazole rings is 1. The van der Waals surface area contributed by atoms with E-state index in [4.69, 9.17) is 4.74 Å². The molecule has 0 bridgehead atoms. The van der Waals surface area contributed by atoms with Crippen LogP contribution in [0.4, 0.5) is 5.69 Å². The summed E-state index contributed by atoms with van der Waals surface area (Å²) < 4.78 is 6.99. The molecule has 1 aromatic heterocycles. The van der Waals surface area contributed by atoms with Gasteiger partial charge >= 0.3 is 5.97 Å². The third-order valence-electron chi connectivity index (χ3n) is 5.46. The highest BCUT2D eigenvalue weighted by Crippen LogP contribution is 2.32. The number of benzene rings is 1. The van der Waals surface area contributed by atoms with Crippen molar-refractivity contribution in [1.82, 2.24) is 19.8 Å². The largest absolute Gasteiger partial charge is 0.459 e. The van der Waals surface area contributed by atoms with Gasteiger partial charge in [0.2, 0.25) is 11.8 Å². The lowest BCUT2D eigenvalue weighted by molar-refractivity contribution is -0.155. The molecule has 3 amide bonds. The molecule has 10 nitrogen and oxygen atoms in total. The third-order valence-corrected chi connectivity index (χ3v) is 5.46. The molecule has 1 unspecified atom stereocenters. The molecule has 2 aromatic rings. The van der Waals surface area contributed by atoms with E-state index in [9.17, 15) is 19.2 Å². The second-order valence-electron chi connectivity index (χ2n) is 9.21. The van der Waals surface area contributed by atoms with E-state index in [1.54, 1.807) is 29.2 Å². The van der Waals surface area contributed by atoms with Crippen molar-refractivity contribution in [3.63, 3.8) is 0 Å². The summed E-state index contributed by atoms with van der Waals surface area (Å²) in [5.41, 5.74) is 2.30. The van der Waals surface area contributed by atoms with Crippen molar-refractivity contribution < 1.29 is 23.9 Å². The molecule has 10 heteroatoms. The quantitative estimate of drug-likeness (QED) is 0.503. The van der Waals surface area contributed by atoms with Crippen LogP contribution in [0.15, 0.2) is 30.7 Å². The van der Waals surface area contributed by atoms with Gasteiger partial charge in [-0.1, -0.05) is 6.07 Å². The fourth-order valence-electron chi connectivity index (χ4n) is 4.04. The van der Waals surface area contributed by atoms with E-state index < -0.39 is 17.6 Å². The van der Waals surface area contributed by atoms with Crippen LogP contribution in [0.5, 0.6) is 0 Å². The first-order valence-corrected chi connectivity index (χ1v) is 10.8. The normalized spacial score (nSPS) is 18.2. The smallest absolute Gasteiger partial charge is 0.326 e. The van der Waals surface area contributed by atoms with Crippen LogP contribution in [0, 0.1) is 0 Å². The number of carbonyl (C=O) groups is 4. The Kier molecular flexibility index (Phi) is 5.92. The molecule has 174 valence electrons. The summed E-state index contributed by atoms with van der Waals surface area (Å²) in [5, 5.41) is 5.61. The second kappa shape index (κ2) is 8.68. The summed E-state index contributed by atoms with van der Waals surface area (Å²) in [6, 6.07) is 4.75. The van der Waals surface area contributed by atoms with Gasteiger partial charge in [-0.2, -0.15) is 0 Å². The summed E-state index contributed by atoms with van der Waals surface area (Å²) in [4.78, 5) is 54.5. The van der Waals surface area contributed by atoms with Gasteiger partial charge in [-0.05, 0) is 39.3 Å². The van der Waals surface area contributed by atoms with E-state index in [2.05, 4.69) is 15.6 Å². The fraction of sp³-hybridized carbons (Fsp3) is 0.435. The van der Waals surface area contributed by atoms with Crippen molar-refractivity contribution in [2.24, 2.45) is 0 Å². The maximum atomic E-state index is 12.9. The Morgan fingerprint density at radius 1 is 1.27 bits per heavy atom. The van der Waals surface area contributed by atoms with Crippen LogP contribution in [-0.2, 0) is 38.8 Å². The topological polar surface area (TPSA) is 123 Å². The molecule has 33 heavy (non-hydrogen) atoms. The Labute approximate surface area is 191 Å². The molecule has 1 atom stereocenters. The minimum atomic E-state index is -0.654. The Morgan fingerprint density at radius 3 is 2.79 bits per heavy atom. The molecule has 1 saturated heterocycles. The standard InChI is InChI=1S/C23H27N5O5/c1-23(2,3)33-20(30)12-27-10-14(25-13-27)9-24-17-6-4-5-15-16(17)11-28(22(15)32)18-7-8-19(29)26-21(18)31/h4-6,10,13,18,24H,7-9,11-12H2,1-3H3,(H,26,29,31). The number of nitrogens with one attached hydrogen (secondary N) is 2. The molecular weight excluding hydrogens is 426 g/mol. The van der Waals surface area contributed by atoms with Gasteiger partial charge in [0.1, 0.15) is 18.2 Å². The molecule has 1 fully saturated rings. The molecular formula is C23H27N5O5. The van der Waals surface area contributed by atoms with Crippen molar-refractivity contribution in [2.45, 2.75) is 64.9 Å². The number of anilines is 1. The molecule has 3 heterocycles. The monoisotopic (exact) mass is 453 g/mol. The predicted octanol–water partition coefficient (Wildman–Crippen LogP) is 1.60. The fourth-order valence-corrected chi connectivity index (χ4v) is 4.04. The number of fused-ring (bicyclic) bond motifs is 1. The SMILES string of the molecule is CC(C)(C)OC(=O)Cn1cnc(CNc2cccc3c2CN(C2CCC(=O)NC2=O)C3=O)c1. The molecule has 0 spiro atoms. The van der Waals surface area contributed by atoms with E-state index in [1.807, 2.05) is 26.8 Å². The number of hydrogen-bond donors (Lipinski definition) is 2. The number of piperidine rings is 1. The average Bonchev–Trinajstić information content (AvgIpc) is 3.30. The molecule has 1 aromatic carbocycles. The number of aromatic nitrogens is 2. The third kappa shape index (κ3) is 5.05. The van der Waals surface area contributed by atoms with Crippen LogP contribution in [0.1, 0.15) is 55.2 Å². The van der Waals surface area contributed by atoms with Crippen LogP contribution < -0.4 is 10.6 Å². The highest BCUT2D eigenvalue weighted by atomic mass is 16.6. The minimum absolute atomic E-state index is 0.0699. The number of hydrogen-bond acceptors (Lipinski definition) is 7. The van der Waals surface area contributed by atoms with Gasteiger partial charge in [-0.25, -0.2) is 4.98 Å². The van der Waals surface area contributed by atoms with Gasteiger partial charge in [0, 0.05) is 36.0 Å². The number of carbonyl (C=O) groups excluding carboxylic acids is 4. The van der Waals surface area contributed by atoms with Gasteiger partial charge in [0.05, 0.1) is 18.6 Å². The summed E-state index contributed by atoms with van der Waals surface area (Å²) in [7, 11) is 0. The Morgan fingerprint density at radius 2 is 2.06 bits per heavy atom. The maximum absolute atomic E-state index is 12.9. The first-order valence-electron chi connectivity index (χ1n) is 10.8. The van der Waals surface area contributed by atoms with Crippen LogP contribution >= 0.6 is 0 Å². The summed E-state index contributed by atoms with van der Waals surface area (Å²) >= 11 is 0. The minimum Gasteiger partial charge on any atom is -0.459 e. The molecule has 0 aliphatic carbocycles. The molecule has 2 aliphatic heterocycles. The van der Waals surface area contributed by atoms with Crippen molar-refractivity contribution >= 4 is 29.4 Å². The van der Waals surface area contributed by atoms with Crippen LogP contribution in [-0.4, -0.2) is 49.8 Å². The summed E-state index contributed by atoms with van der Waals surface area (Å²) in [6.07, 6.45) is 3.88. The highest BCUT2D eigenvalue weighted by molar-refractivity contribution is 6.06. The van der Waals surface area contributed by atoms with Gasteiger partial charge in [0.25, 0.3) is 5.91 Å². The van der Waals surface area contributed by atoms with Crippen molar-refractivity contribution in [2.75, 3.05) is 5.32 Å². The second-order valence-corrected chi connectivity index (χ2v) is 9.21. The van der Waals surface area contributed by atoms with Crippen molar-refractivity contribution in [3.8, 4) is 0 Å². The number of esters is 1. The predicted molar refractivity (Wildman–Crippen MR) is 118 cm³/mol. The van der Waals surface area contributed by atoms with E-state index in [-0.39, 0.29) is 37.3 Å². The zero-order valence-electron chi connectivity index (χ0n) is 18.9. The first-order chi connectivity index (χ1) is 15.6. The number of amides is 3. The molecule has 2 aliphatic rings. The summed E-state index contributed by atoms with van der Waals surface area (Å²) in [6.45, 7) is 6.21. The number of rotatable bonds is 6. The first kappa shape index (κ1) is 22.5. The number of ether oxygens (including phenoxy) is 1. The lowest BCUT2D eigenvalue weighted by Gasteiger charge is -2.29. The lowest BCUT2D eigenvalue weighted by atomic mass is 10.0. The van der Waals surface area contributed by atoms with Crippen LogP contribution in [0.25, 0.3) is 0 Å². The van der Waals surface area contributed by atoms with E-state index in [0.717, 1.165) is 16.9 Å². The average molecular weight is 453 g/mol. The van der Waals surface area contributed by atoms with Crippen LogP contribution in [0.2, 0.25) is 0 Å². The molecule has 4 rings (SSSR count).